The fourth-order valence-electron chi connectivity index (χ4n) is 4.02. The van der Waals surface area contributed by atoms with Gasteiger partial charge in [0.25, 0.3) is 0 Å². The Hall–Kier alpha value is -1.62. The maximum absolute atomic E-state index is 13.1. The second-order valence-electron chi connectivity index (χ2n) is 7.55. The molecule has 2 fully saturated rings. The van der Waals surface area contributed by atoms with Crippen molar-refractivity contribution in [3.05, 3.63) is 30.1 Å². The Morgan fingerprint density at radius 3 is 2.40 bits per heavy atom. The van der Waals surface area contributed by atoms with Gasteiger partial charge in [-0.05, 0) is 49.9 Å². The van der Waals surface area contributed by atoms with Crippen LogP contribution in [0.2, 0.25) is 0 Å². The molecule has 0 spiro atoms. The summed E-state index contributed by atoms with van der Waals surface area (Å²) in [4.78, 5) is 17.1. The molecule has 1 saturated heterocycles. The van der Waals surface area contributed by atoms with Gasteiger partial charge in [-0.2, -0.15) is 0 Å². The van der Waals surface area contributed by atoms with Crippen molar-refractivity contribution in [2.45, 2.75) is 51.6 Å². The molecule has 3 atom stereocenters. The van der Waals surface area contributed by atoms with Crippen LogP contribution >= 0.6 is 0 Å². The Morgan fingerprint density at radius 2 is 1.76 bits per heavy atom. The van der Waals surface area contributed by atoms with Gasteiger partial charge in [0.2, 0.25) is 5.91 Å². The van der Waals surface area contributed by atoms with E-state index in [-0.39, 0.29) is 17.8 Å². The number of rotatable bonds is 4. The van der Waals surface area contributed by atoms with Gasteiger partial charge in [-0.1, -0.05) is 19.8 Å². The highest BCUT2D eigenvalue weighted by molar-refractivity contribution is 5.81. The number of benzene rings is 1. The lowest BCUT2D eigenvalue weighted by atomic mass is 9.86. The van der Waals surface area contributed by atoms with Crippen molar-refractivity contribution >= 4 is 11.6 Å². The average Bonchev–Trinajstić information content (AvgIpc) is 2.64. The summed E-state index contributed by atoms with van der Waals surface area (Å²) in [7, 11) is 0. The van der Waals surface area contributed by atoms with Crippen molar-refractivity contribution < 1.29 is 9.18 Å². The summed E-state index contributed by atoms with van der Waals surface area (Å²) >= 11 is 0. The first-order valence-electron chi connectivity index (χ1n) is 9.59. The Balaban J connectivity index is 1.49. The first-order valence-corrected chi connectivity index (χ1v) is 9.59. The number of carbonyl (C=O) groups is 1. The number of carbonyl (C=O) groups excluding carboxylic acids is 1. The van der Waals surface area contributed by atoms with E-state index in [2.05, 4.69) is 22.0 Å². The topological polar surface area (TPSA) is 35.6 Å². The third-order valence-electron chi connectivity index (χ3n) is 5.87. The number of hydrogen-bond donors (Lipinski definition) is 1. The lowest BCUT2D eigenvalue weighted by molar-refractivity contribution is -0.127. The second-order valence-corrected chi connectivity index (χ2v) is 7.55. The van der Waals surface area contributed by atoms with E-state index in [1.807, 2.05) is 19.1 Å². The maximum atomic E-state index is 13.1. The molecule has 5 heteroatoms. The minimum atomic E-state index is -0.204. The molecule has 2 aliphatic rings. The average molecular weight is 347 g/mol. The lowest BCUT2D eigenvalue weighted by Crippen LogP contribution is -2.55. The number of piperazine rings is 1. The summed E-state index contributed by atoms with van der Waals surface area (Å²) in [6.45, 7) is 7.69. The van der Waals surface area contributed by atoms with Gasteiger partial charge in [0.05, 0.1) is 6.04 Å². The summed E-state index contributed by atoms with van der Waals surface area (Å²) in [5.41, 5.74) is 1.05. The van der Waals surface area contributed by atoms with Crippen LogP contribution in [-0.4, -0.2) is 49.1 Å². The molecule has 0 unspecified atom stereocenters. The van der Waals surface area contributed by atoms with Gasteiger partial charge in [-0.3, -0.25) is 9.69 Å². The minimum absolute atomic E-state index is 0.0931. The third-order valence-corrected chi connectivity index (χ3v) is 5.87. The zero-order valence-electron chi connectivity index (χ0n) is 15.4. The van der Waals surface area contributed by atoms with Crippen LogP contribution in [0.15, 0.2) is 24.3 Å². The van der Waals surface area contributed by atoms with E-state index in [1.54, 1.807) is 0 Å². The second kappa shape index (κ2) is 8.17. The van der Waals surface area contributed by atoms with Crippen molar-refractivity contribution in [2.24, 2.45) is 5.92 Å². The van der Waals surface area contributed by atoms with Crippen LogP contribution < -0.4 is 10.2 Å². The molecule has 1 N–H and O–H groups in total. The van der Waals surface area contributed by atoms with Gasteiger partial charge >= 0.3 is 0 Å². The number of nitrogens with zero attached hydrogens (tertiary/aromatic N) is 2. The monoisotopic (exact) mass is 347 g/mol. The minimum Gasteiger partial charge on any atom is -0.369 e. The van der Waals surface area contributed by atoms with E-state index < -0.39 is 0 Å². The van der Waals surface area contributed by atoms with Gasteiger partial charge in [-0.15, -0.1) is 0 Å². The molecule has 1 amide bonds. The van der Waals surface area contributed by atoms with Crippen LogP contribution in [0, 0.1) is 11.7 Å². The van der Waals surface area contributed by atoms with Gasteiger partial charge < -0.3 is 10.2 Å². The molecule has 0 radical (unpaired) electrons. The SMILES string of the molecule is C[C@H](C(=O)N[C@@H]1CCCC[C@@H]1C)N1CCN(c2ccc(F)cc2)CC1. The fourth-order valence-corrected chi connectivity index (χ4v) is 4.02. The number of halogens is 1. The molecule has 1 saturated carbocycles. The Bertz CT molecular complexity index is 569. The molecule has 4 nitrogen and oxygen atoms in total. The molecule has 1 aromatic carbocycles. The van der Waals surface area contributed by atoms with Crippen LogP contribution in [0.1, 0.15) is 39.5 Å². The highest BCUT2D eigenvalue weighted by Gasteiger charge is 2.29. The van der Waals surface area contributed by atoms with Crippen LogP contribution in [0.4, 0.5) is 10.1 Å². The van der Waals surface area contributed by atoms with E-state index in [4.69, 9.17) is 0 Å². The predicted molar refractivity (Wildman–Crippen MR) is 99.2 cm³/mol. The molecule has 0 bridgehead atoms. The molecule has 25 heavy (non-hydrogen) atoms. The van der Waals surface area contributed by atoms with Crippen molar-refractivity contribution in [1.29, 1.82) is 0 Å². The smallest absolute Gasteiger partial charge is 0.237 e. The summed E-state index contributed by atoms with van der Waals surface area (Å²) in [5, 5.41) is 3.28. The molecule has 138 valence electrons. The summed E-state index contributed by atoms with van der Waals surface area (Å²) in [6.07, 6.45) is 4.84. The first kappa shape index (κ1) is 18.2. The number of hydrogen-bond acceptors (Lipinski definition) is 3. The van der Waals surface area contributed by atoms with E-state index in [9.17, 15) is 9.18 Å². The Labute approximate surface area is 150 Å². The Kier molecular flexibility index (Phi) is 5.94. The number of anilines is 1. The van der Waals surface area contributed by atoms with E-state index in [0.29, 0.717) is 12.0 Å². The molecular weight excluding hydrogens is 317 g/mol. The van der Waals surface area contributed by atoms with Crippen LogP contribution in [0.5, 0.6) is 0 Å². The Morgan fingerprint density at radius 1 is 1.12 bits per heavy atom. The van der Waals surface area contributed by atoms with E-state index in [0.717, 1.165) is 38.3 Å². The van der Waals surface area contributed by atoms with Crippen molar-refractivity contribution in [1.82, 2.24) is 10.2 Å². The van der Waals surface area contributed by atoms with E-state index >= 15 is 0 Å². The highest BCUT2D eigenvalue weighted by Crippen LogP contribution is 2.24. The van der Waals surface area contributed by atoms with Gasteiger partial charge in [0.15, 0.2) is 0 Å². The van der Waals surface area contributed by atoms with Gasteiger partial charge in [0, 0.05) is 37.9 Å². The van der Waals surface area contributed by atoms with Crippen LogP contribution in [-0.2, 0) is 4.79 Å². The van der Waals surface area contributed by atoms with Gasteiger partial charge in [-0.25, -0.2) is 4.39 Å². The van der Waals surface area contributed by atoms with Crippen molar-refractivity contribution in [3.8, 4) is 0 Å². The summed E-state index contributed by atoms with van der Waals surface area (Å²) < 4.78 is 13.1. The quantitative estimate of drug-likeness (QED) is 0.909. The lowest BCUT2D eigenvalue weighted by Gasteiger charge is -2.39. The largest absolute Gasteiger partial charge is 0.369 e. The zero-order valence-corrected chi connectivity index (χ0v) is 15.4. The molecule has 1 aliphatic heterocycles. The number of nitrogens with one attached hydrogen (secondary N) is 1. The normalized spacial score (nSPS) is 26.3. The molecule has 1 aromatic rings. The third kappa shape index (κ3) is 4.51. The summed E-state index contributed by atoms with van der Waals surface area (Å²) in [6, 6.07) is 6.90. The standard InChI is InChI=1S/C20H30FN3O/c1-15-5-3-4-6-19(15)22-20(25)16(2)23-11-13-24(14-12-23)18-9-7-17(21)8-10-18/h7-10,15-16,19H,3-6,11-14H2,1-2H3,(H,22,25)/t15-,16+,19+/m0/s1. The first-order chi connectivity index (χ1) is 12.0. The molecule has 1 aliphatic carbocycles. The fraction of sp³-hybridized carbons (Fsp3) is 0.650. The van der Waals surface area contributed by atoms with Crippen molar-refractivity contribution in [3.63, 3.8) is 0 Å². The predicted octanol–water partition coefficient (Wildman–Crippen LogP) is 3.03. The molecular formula is C20H30FN3O. The van der Waals surface area contributed by atoms with E-state index in [1.165, 1.54) is 31.4 Å². The van der Waals surface area contributed by atoms with Gasteiger partial charge in [0.1, 0.15) is 5.82 Å². The number of amides is 1. The molecule has 0 aromatic heterocycles. The van der Waals surface area contributed by atoms with Crippen LogP contribution in [0.25, 0.3) is 0 Å². The van der Waals surface area contributed by atoms with Crippen LogP contribution in [0.3, 0.4) is 0 Å². The molecule has 3 rings (SSSR count). The highest BCUT2D eigenvalue weighted by atomic mass is 19.1. The molecule has 1 heterocycles. The maximum Gasteiger partial charge on any atom is 0.237 e. The zero-order chi connectivity index (χ0) is 17.8. The summed E-state index contributed by atoms with van der Waals surface area (Å²) in [5.74, 6) is 0.541. The van der Waals surface area contributed by atoms with Crippen molar-refractivity contribution in [2.75, 3.05) is 31.1 Å².